The van der Waals surface area contributed by atoms with Crippen molar-refractivity contribution in [1.82, 2.24) is 9.97 Å². The molecule has 1 N–H and O–H groups in total. The molecule has 0 unspecified atom stereocenters. The highest BCUT2D eigenvalue weighted by Crippen LogP contribution is 2.52. The van der Waals surface area contributed by atoms with E-state index in [-0.39, 0.29) is 11.2 Å². The molecule has 196 valence electrons. The van der Waals surface area contributed by atoms with E-state index in [1.54, 1.807) is 18.2 Å². The normalized spacial score (nSPS) is 13.3. The zero-order valence-electron chi connectivity index (χ0n) is 22.7. The monoisotopic (exact) mass is 530 g/mol. The Labute approximate surface area is 238 Å². The first-order valence-corrected chi connectivity index (χ1v) is 13.5. The molecule has 0 aliphatic carbocycles. The lowest BCUT2D eigenvalue weighted by molar-refractivity contribution is 0.480. The summed E-state index contributed by atoms with van der Waals surface area (Å²) in [5, 5.41) is 21.1. The average molecular weight is 531 g/mol. The lowest BCUT2D eigenvalue weighted by Crippen LogP contribution is -2.31. The Morgan fingerprint density at radius 3 is 2.34 bits per heavy atom. The summed E-state index contributed by atoms with van der Waals surface area (Å²) in [6, 6.07) is 38.5. The van der Waals surface area contributed by atoms with E-state index >= 15 is 0 Å². The van der Waals surface area contributed by atoms with Crippen molar-refractivity contribution in [3.63, 3.8) is 0 Å². The molecular weight excluding hydrogens is 504 g/mol. The number of hydrogen-bond acceptors (Lipinski definition) is 5. The summed E-state index contributed by atoms with van der Waals surface area (Å²) in [7, 11) is 0. The maximum Gasteiger partial charge on any atom is 0.141 e. The van der Waals surface area contributed by atoms with E-state index < -0.39 is 0 Å². The fraction of sp³-hybridized carbons (Fsp3) is 0.0833. The molecule has 41 heavy (non-hydrogen) atoms. The molecule has 0 fully saturated rings. The van der Waals surface area contributed by atoms with Gasteiger partial charge in [-0.3, -0.25) is 4.90 Å². The Bertz CT molecular complexity index is 2010. The zero-order valence-corrected chi connectivity index (χ0v) is 22.7. The van der Waals surface area contributed by atoms with Crippen LogP contribution >= 0.6 is 0 Å². The topological polar surface area (TPSA) is 73.0 Å². The van der Waals surface area contributed by atoms with Crippen LogP contribution in [0.5, 0.6) is 5.75 Å². The number of nitrogens with zero attached hydrogens (tertiary/aromatic N) is 4. The number of para-hydroxylation sites is 2. The molecule has 5 nitrogen and oxygen atoms in total. The first-order valence-electron chi connectivity index (χ1n) is 13.5. The lowest BCUT2D eigenvalue weighted by atomic mass is 9.73. The molecule has 2 aromatic heterocycles. The highest BCUT2D eigenvalue weighted by molar-refractivity contribution is 5.93. The standard InChI is InChI=1S/C36H26N4O/c1-36(2)28-12-6-7-13-31(28)40(34-21-24(17-18-38-34)23-9-4-3-5-10-23)32-20-25(15-16-29(32)36)30-19-26(22-37)27-11-8-14-33(41)35(27)39-30/h3-21,41H,1-2H3. The fourth-order valence-corrected chi connectivity index (χ4v) is 5.95. The molecule has 7 rings (SSSR count). The smallest absolute Gasteiger partial charge is 0.141 e. The van der Waals surface area contributed by atoms with Crippen molar-refractivity contribution in [2.24, 2.45) is 0 Å². The minimum atomic E-state index is -0.259. The summed E-state index contributed by atoms with van der Waals surface area (Å²) in [6.07, 6.45) is 1.86. The van der Waals surface area contributed by atoms with Crippen molar-refractivity contribution in [3.8, 4) is 34.2 Å². The molecule has 6 aromatic rings. The summed E-state index contributed by atoms with van der Waals surface area (Å²) < 4.78 is 0. The van der Waals surface area contributed by atoms with Gasteiger partial charge in [-0.25, -0.2) is 9.97 Å². The van der Waals surface area contributed by atoms with Gasteiger partial charge in [-0.1, -0.05) is 86.6 Å². The van der Waals surface area contributed by atoms with Crippen LogP contribution in [-0.2, 0) is 5.41 Å². The molecule has 0 saturated heterocycles. The number of benzene rings is 4. The molecule has 0 radical (unpaired) electrons. The summed E-state index contributed by atoms with van der Waals surface area (Å²) in [5.41, 5.74) is 8.77. The van der Waals surface area contributed by atoms with Gasteiger partial charge in [0.2, 0.25) is 0 Å². The molecule has 0 bridgehead atoms. The molecule has 4 aromatic carbocycles. The van der Waals surface area contributed by atoms with Crippen molar-refractivity contribution in [1.29, 1.82) is 5.26 Å². The predicted octanol–water partition coefficient (Wildman–Crippen LogP) is 8.65. The van der Waals surface area contributed by atoms with E-state index in [0.29, 0.717) is 22.2 Å². The van der Waals surface area contributed by atoms with Crippen LogP contribution in [0.2, 0.25) is 0 Å². The van der Waals surface area contributed by atoms with Crippen molar-refractivity contribution >= 4 is 28.1 Å². The second-order valence-corrected chi connectivity index (χ2v) is 10.8. The number of hydrogen-bond donors (Lipinski definition) is 1. The highest BCUT2D eigenvalue weighted by Gasteiger charge is 2.37. The molecule has 0 atom stereocenters. The van der Waals surface area contributed by atoms with E-state index in [1.165, 1.54) is 5.56 Å². The first-order chi connectivity index (χ1) is 20.0. The van der Waals surface area contributed by atoms with Gasteiger partial charge in [0.05, 0.1) is 28.7 Å². The highest BCUT2D eigenvalue weighted by atomic mass is 16.3. The third-order valence-electron chi connectivity index (χ3n) is 8.05. The molecule has 0 spiro atoms. The number of pyridine rings is 2. The van der Waals surface area contributed by atoms with Crippen molar-refractivity contribution in [2.75, 3.05) is 4.90 Å². The van der Waals surface area contributed by atoms with Gasteiger partial charge in [0, 0.05) is 22.6 Å². The van der Waals surface area contributed by atoms with Gasteiger partial charge < -0.3 is 5.11 Å². The van der Waals surface area contributed by atoms with Gasteiger partial charge in [0.15, 0.2) is 0 Å². The molecular formula is C36H26N4O. The van der Waals surface area contributed by atoms with E-state index in [1.807, 2.05) is 36.5 Å². The van der Waals surface area contributed by atoms with Crippen LogP contribution in [0.1, 0.15) is 30.5 Å². The quantitative estimate of drug-likeness (QED) is 0.248. The third-order valence-corrected chi connectivity index (χ3v) is 8.05. The number of phenolic OH excluding ortho intramolecular Hbond substituents is 1. The largest absolute Gasteiger partial charge is 0.506 e. The molecule has 5 heteroatoms. The third kappa shape index (κ3) is 3.92. The van der Waals surface area contributed by atoms with Crippen LogP contribution in [0, 0.1) is 11.3 Å². The van der Waals surface area contributed by atoms with Crippen LogP contribution in [0.15, 0.2) is 115 Å². The van der Waals surface area contributed by atoms with E-state index in [2.05, 4.69) is 85.5 Å². The minimum absolute atomic E-state index is 0.0532. The van der Waals surface area contributed by atoms with Crippen LogP contribution < -0.4 is 4.90 Å². The van der Waals surface area contributed by atoms with Crippen molar-refractivity contribution < 1.29 is 5.11 Å². The second kappa shape index (κ2) is 9.32. The zero-order chi connectivity index (χ0) is 28.1. The number of anilines is 3. The number of rotatable bonds is 3. The molecule has 1 aliphatic rings. The SMILES string of the molecule is CC1(C)c2ccccc2N(c2cc(-c3ccccc3)ccn2)c2cc(-c3cc(C#N)c4cccc(O)c4n3)ccc21. The lowest BCUT2D eigenvalue weighted by Gasteiger charge is -2.41. The fourth-order valence-electron chi connectivity index (χ4n) is 5.95. The maximum atomic E-state index is 10.6. The number of fused-ring (bicyclic) bond motifs is 3. The molecule has 0 saturated carbocycles. The van der Waals surface area contributed by atoms with E-state index in [0.717, 1.165) is 39.4 Å². The maximum absolute atomic E-state index is 10.6. The van der Waals surface area contributed by atoms with Gasteiger partial charge in [-0.05, 0) is 58.7 Å². The number of nitriles is 1. The van der Waals surface area contributed by atoms with Crippen LogP contribution in [0.25, 0.3) is 33.3 Å². The number of aromatic nitrogens is 2. The van der Waals surface area contributed by atoms with Crippen LogP contribution in [0.3, 0.4) is 0 Å². The van der Waals surface area contributed by atoms with Crippen LogP contribution in [0.4, 0.5) is 17.2 Å². The Morgan fingerprint density at radius 2 is 1.51 bits per heavy atom. The van der Waals surface area contributed by atoms with Crippen molar-refractivity contribution in [3.05, 3.63) is 132 Å². The van der Waals surface area contributed by atoms with Gasteiger partial charge >= 0.3 is 0 Å². The summed E-state index contributed by atoms with van der Waals surface area (Å²) in [6.45, 7) is 4.49. The number of phenols is 1. The van der Waals surface area contributed by atoms with E-state index in [4.69, 9.17) is 9.97 Å². The Morgan fingerprint density at radius 1 is 0.732 bits per heavy atom. The van der Waals surface area contributed by atoms with Crippen LogP contribution in [-0.4, -0.2) is 15.1 Å². The Balaban J connectivity index is 1.46. The Hall–Kier alpha value is -5.47. The number of aromatic hydroxyl groups is 1. The van der Waals surface area contributed by atoms with Gasteiger partial charge in [-0.2, -0.15) is 5.26 Å². The second-order valence-electron chi connectivity index (χ2n) is 10.8. The molecule has 1 aliphatic heterocycles. The predicted molar refractivity (Wildman–Crippen MR) is 164 cm³/mol. The minimum Gasteiger partial charge on any atom is -0.506 e. The Kier molecular flexibility index (Phi) is 5.58. The summed E-state index contributed by atoms with van der Waals surface area (Å²) in [4.78, 5) is 11.9. The van der Waals surface area contributed by atoms with Gasteiger partial charge in [-0.15, -0.1) is 0 Å². The summed E-state index contributed by atoms with van der Waals surface area (Å²) in [5.74, 6) is 0.868. The molecule has 3 heterocycles. The van der Waals surface area contributed by atoms with E-state index in [9.17, 15) is 10.4 Å². The van der Waals surface area contributed by atoms with Gasteiger partial charge in [0.25, 0.3) is 0 Å². The molecule has 0 amide bonds. The van der Waals surface area contributed by atoms with Crippen molar-refractivity contribution in [2.45, 2.75) is 19.3 Å². The first kappa shape index (κ1) is 24.6. The summed E-state index contributed by atoms with van der Waals surface area (Å²) >= 11 is 0. The van der Waals surface area contributed by atoms with Gasteiger partial charge in [0.1, 0.15) is 17.1 Å². The average Bonchev–Trinajstić information content (AvgIpc) is 3.01.